The van der Waals surface area contributed by atoms with Crippen LogP contribution in [-0.2, 0) is 12.0 Å². The molecule has 0 bridgehead atoms. The highest BCUT2D eigenvalue weighted by Gasteiger charge is 2.21. The van der Waals surface area contributed by atoms with Gasteiger partial charge in [0.15, 0.2) is 0 Å². The molecule has 0 spiro atoms. The first-order valence-corrected chi connectivity index (χ1v) is 7.00. The predicted octanol–water partition coefficient (Wildman–Crippen LogP) is 4.31. The molecule has 0 radical (unpaired) electrons. The molecule has 0 aliphatic carbocycles. The summed E-state index contributed by atoms with van der Waals surface area (Å²) in [4.78, 5) is 0. The van der Waals surface area contributed by atoms with Crippen molar-refractivity contribution >= 4 is 0 Å². The fourth-order valence-corrected chi connectivity index (χ4v) is 2.38. The van der Waals surface area contributed by atoms with E-state index in [4.69, 9.17) is 0 Å². The number of unbranched alkanes of at least 4 members (excludes halogenated alkanes) is 1. The lowest BCUT2D eigenvalue weighted by Crippen LogP contribution is -2.20. The van der Waals surface area contributed by atoms with Gasteiger partial charge in [0.25, 0.3) is 0 Å². The van der Waals surface area contributed by atoms with Crippen LogP contribution in [0, 0.1) is 0 Å². The summed E-state index contributed by atoms with van der Waals surface area (Å²) in [6.45, 7) is 1.91. The summed E-state index contributed by atoms with van der Waals surface area (Å²) in [6, 6.07) is 20.5. The molecule has 0 heterocycles. The van der Waals surface area contributed by atoms with Gasteiger partial charge in [-0.15, -0.1) is 0 Å². The average molecular weight is 254 g/mol. The van der Waals surface area contributed by atoms with Gasteiger partial charge in [0, 0.05) is 0 Å². The van der Waals surface area contributed by atoms with E-state index in [1.54, 1.807) is 0 Å². The predicted molar refractivity (Wildman–Crippen MR) is 80.0 cm³/mol. The van der Waals surface area contributed by atoms with Crippen LogP contribution in [0.25, 0.3) is 0 Å². The van der Waals surface area contributed by atoms with E-state index < -0.39 is 5.60 Å². The minimum Gasteiger partial charge on any atom is -0.385 e. The largest absolute Gasteiger partial charge is 0.385 e. The zero-order valence-corrected chi connectivity index (χ0v) is 11.5. The lowest BCUT2D eigenvalue weighted by Gasteiger charge is -2.23. The smallest absolute Gasteiger partial charge is 0.0868 e. The molecular formula is C18H22O. The molecule has 2 rings (SSSR count). The normalized spacial score (nSPS) is 14.0. The SMILES string of the molecule is CC(O)(CCCCc1ccccc1)c1ccccc1. The Morgan fingerprint density at radius 1 is 0.842 bits per heavy atom. The molecule has 0 fully saturated rings. The standard InChI is InChI=1S/C18H22O/c1-18(19,17-13-6-3-7-14-17)15-9-8-12-16-10-4-2-5-11-16/h2-7,10-11,13-14,19H,8-9,12,15H2,1H3. The van der Waals surface area contributed by atoms with Crippen molar-refractivity contribution in [2.75, 3.05) is 0 Å². The molecule has 19 heavy (non-hydrogen) atoms. The first-order chi connectivity index (χ1) is 9.18. The molecule has 0 aromatic heterocycles. The maximum atomic E-state index is 10.5. The highest BCUT2D eigenvalue weighted by Crippen LogP contribution is 2.26. The number of rotatable bonds is 6. The number of hydrogen-bond donors (Lipinski definition) is 1. The number of aliphatic hydroxyl groups is 1. The summed E-state index contributed by atoms with van der Waals surface area (Å²) in [5.74, 6) is 0. The third-order valence-corrected chi connectivity index (χ3v) is 3.62. The van der Waals surface area contributed by atoms with E-state index in [1.807, 2.05) is 43.3 Å². The summed E-state index contributed by atoms with van der Waals surface area (Å²) in [5, 5.41) is 10.5. The van der Waals surface area contributed by atoms with Gasteiger partial charge in [0.05, 0.1) is 5.60 Å². The highest BCUT2D eigenvalue weighted by molar-refractivity contribution is 5.21. The van der Waals surface area contributed by atoms with Crippen LogP contribution in [0.3, 0.4) is 0 Å². The Labute approximate surface area is 115 Å². The second kappa shape index (κ2) is 6.53. The molecular weight excluding hydrogens is 232 g/mol. The van der Waals surface area contributed by atoms with E-state index in [-0.39, 0.29) is 0 Å². The maximum absolute atomic E-state index is 10.5. The maximum Gasteiger partial charge on any atom is 0.0868 e. The first-order valence-electron chi connectivity index (χ1n) is 7.00. The fraction of sp³-hybridized carbons (Fsp3) is 0.333. The van der Waals surface area contributed by atoms with Gasteiger partial charge >= 0.3 is 0 Å². The molecule has 1 nitrogen and oxygen atoms in total. The molecule has 1 unspecified atom stereocenters. The van der Waals surface area contributed by atoms with Crippen LogP contribution in [0.4, 0.5) is 0 Å². The second-order valence-electron chi connectivity index (χ2n) is 5.33. The third kappa shape index (κ3) is 4.22. The highest BCUT2D eigenvalue weighted by atomic mass is 16.3. The summed E-state index contributed by atoms with van der Waals surface area (Å²) >= 11 is 0. The summed E-state index contributed by atoms with van der Waals surface area (Å²) in [5.41, 5.74) is 1.68. The van der Waals surface area contributed by atoms with Crippen LogP contribution in [0.15, 0.2) is 60.7 Å². The molecule has 0 saturated heterocycles. The molecule has 1 atom stereocenters. The van der Waals surface area contributed by atoms with Gasteiger partial charge in [-0.3, -0.25) is 0 Å². The lowest BCUT2D eigenvalue weighted by atomic mass is 9.90. The molecule has 0 aliphatic heterocycles. The van der Waals surface area contributed by atoms with Crippen LogP contribution in [0.2, 0.25) is 0 Å². The van der Waals surface area contributed by atoms with Crippen molar-refractivity contribution in [2.45, 2.75) is 38.2 Å². The van der Waals surface area contributed by atoms with E-state index in [0.717, 1.165) is 31.2 Å². The van der Waals surface area contributed by atoms with Crippen molar-refractivity contribution in [3.8, 4) is 0 Å². The van der Waals surface area contributed by atoms with Crippen molar-refractivity contribution in [3.05, 3.63) is 71.8 Å². The fourth-order valence-electron chi connectivity index (χ4n) is 2.38. The number of aryl methyl sites for hydroxylation is 1. The van der Waals surface area contributed by atoms with Gasteiger partial charge in [0.2, 0.25) is 0 Å². The van der Waals surface area contributed by atoms with Gasteiger partial charge in [-0.2, -0.15) is 0 Å². The zero-order chi connectivity index (χ0) is 13.6. The van der Waals surface area contributed by atoms with E-state index in [0.29, 0.717) is 0 Å². The molecule has 100 valence electrons. The van der Waals surface area contributed by atoms with E-state index in [9.17, 15) is 5.11 Å². The van der Waals surface area contributed by atoms with Gasteiger partial charge in [-0.25, -0.2) is 0 Å². The Bertz CT molecular complexity index is 474. The molecule has 0 aliphatic rings. The minimum absolute atomic E-state index is 0.710. The molecule has 1 N–H and O–H groups in total. The quantitative estimate of drug-likeness (QED) is 0.762. The van der Waals surface area contributed by atoms with E-state index in [1.165, 1.54) is 5.56 Å². The second-order valence-corrected chi connectivity index (χ2v) is 5.33. The van der Waals surface area contributed by atoms with E-state index >= 15 is 0 Å². The van der Waals surface area contributed by atoms with Crippen LogP contribution in [0.1, 0.15) is 37.3 Å². The Morgan fingerprint density at radius 3 is 2.05 bits per heavy atom. The van der Waals surface area contributed by atoms with Gasteiger partial charge in [-0.05, 0) is 43.7 Å². The van der Waals surface area contributed by atoms with Gasteiger partial charge in [0.1, 0.15) is 0 Å². The van der Waals surface area contributed by atoms with Crippen LogP contribution < -0.4 is 0 Å². The molecule has 2 aromatic rings. The Morgan fingerprint density at radius 2 is 1.42 bits per heavy atom. The van der Waals surface area contributed by atoms with Crippen LogP contribution in [-0.4, -0.2) is 5.11 Å². The van der Waals surface area contributed by atoms with Crippen molar-refractivity contribution in [1.29, 1.82) is 0 Å². The Balaban J connectivity index is 1.79. The Kier molecular flexibility index (Phi) is 4.75. The topological polar surface area (TPSA) is 20.2 Å². The van der Waals surface area contributed by atoms with Gasteiger partial charge < -0.3 is 5.11 Å². The molecule has 0 saturated carbocycles. The van der Waals surface area contributed by atoms with E-state index in [2.05, 4.69) is 24.3 Å². The van der Waals surface area contributed by atoms with Crippen LogP contribution >= 0.6 is 0 Å². The summed E-state index contributed by atoms with van der Waals surface area (Å²) in [6.07, 6.45) is 4.05. The van der Waals surface area contributed by atoms with Crippen LogP contribution in [0.5, 0.6) is 0 Å². The monoisotopic (exact) mass is 254 g/mol. The van der Waals surface area contributed by atoms with Crippen molar-refractivity contribution in [1.82, 2.24) is 0 Å². The molecule has 1 heteroatoms. The zero-order valence-electron chi connectivity index (χ0n) is 11.5. The van der Waals surface area contributed by atoms with Crippen molar-refractivity contribution in [3.63, 3.8) is 0 Å². The van der Waals surface area contributed by atoms with Crippen molar-refractivity contribution < 1.29 is 5.11 Å². The first kappa shape index (κ1) is 13.8. The summed E-state index contributed by atoms with van der Waals surface area (Å²) in [7, 11) is 0. The summed E-state index contributed by atoms with van der Waals surface area (Å²) < 4.78 is 0. The Hall–Kier alpha value is -1.60. The average Bonchev–Trinajstić information content (AvgIpc) is 2.46. The number of benzene rings is 2. The van der Waals surface area contributed by atoms with Gasteiger partial charge in [-0.1, -0.05) is 60.7 Å². The molecule has 2 aromatic carbocycles. The lowest BCUT2D eigenvalue weighted by molar-refractivity contribution is 0.0450. The van der Waals surface area contributed by atoms with Crippen molar-refractivity contribution in [2.24, 2.45) is 0 Å². The molecule has 0 amide bonds. The number of hydrogen-bond acceptors (Lipinski definition) is 1. The third-order valence-electron chi connectivity index (χ3n) is 3.62. The minimum atomic E-state index is -0.710.